The molecule has 1 fully saturated rings. The summed E-state index contributed by atoms with van der Waals surface area (Å²) >= 11 is 6.44. The van der Waals surface area contributed by atoms with Gasteiger partial charge in [-0.1, -0.05) is 11.6 Å². The minimum Gasteiger partial charge on any atom is -0.506 e. The lowest BCUT2D eigenvalue weighted by Gasteiger charge is -2.29. The van der Waals surface area contributed by atoms with Gasteiger partial charge in [0.2, 0.25) is 0 Å². The van der Waals surface area contributed by atoms with Crippen molar-refractivity contribution in [2.24, 2.45) is 0 Å². The molecular formula is C16H22ClNO. The highest BCUT2D eigenvalue weighted by Crippen LogP contribution is 2.45. The van der Waals surface area contributed by atoms with Crippen LogP contribution in [0, 0.1) is 6.92 Å². The number of rotatable bonds is 1. The minimum atomic E-state index is 0.367. The summed E-state index contributed by atoms with van der Waals surface area (Å²) in [4.78, 5) is 0. The Morgan fingerprint density at radius 3 is 2.42 bits per heavy atom. The summed E-state index contributed by atoms with van der Waals surface area (Å²) in [7, 11) is 0. The van der Waals surface area contributed by atoms with Crippen LogP contribution >= 0.6 is 11.6 Å². The first-order chi connectivity index (χ1) is 9.20. The van der Waals surface area contributed by atoms with Gasteiger partial charge in [0, 0.05) is 5.56 Å². The SMILES string of the molecule is Cc1c2c(c(Cl)c(O)c1C1CCNCC1)CCCC2. The fraction of sp³-hybridized carbons (Fsp3) is 0.625. The highest BCUT2D eigenvalue weighted by Gasteiger charge is 2.27. The predicted octanol–water partition coefficient (Wildman–Crippen LogP) is 3.70. The van der Waals surface area contributed by atoms with E-state index in [9.17, 15) is 5.11 Å². The Hall–Kier alpha value is -0.730. The Morgan fingerprint density at radius 2 is 1.74 bits per heavy atom. The highest BCUT2D eigenvalue weighted by atomic mass is 35.5. The van der Waals surface area contributed by atoms with E-state index in [4.69, 9.17) is 11.6 Å². The van der Waals surface area contributed by atoms with Crippen molar-refractivity contribution in [3.05, 3.63) is 27.3 Å². The van der Waals surface area contributed by atoms with Gasteiger partial charge in [-0.25, -0.2) is 0 Å². The number of benzene rings is 1. The Bertz CT molecular complexity index is 492. The zero-order chi connectivity index (χ0) is 13.4. The standard InChI is InChI=1S/C16H22ClNO/c1-10-12-4-2-3-5-13(12)15(17)16(19)14(10)11-6-8-18-9-7-11/h11,18-19H,2-9H2,1H3. The number of piperidine rings is 1. The van der Waals surface area contributed by atoms with Crippen molar-refractivity contribution >= 4 is 11.6 Å². The van der Waals surface area contributed by atoms with Crippen LogP contribution in [0.4, 0.5) is 0 Å². The number of hydrogen-bond donors (Lipinski definition) is 2. The van der Waals surface area contributed by atoms with Gasteiger partial charge in [0.05, 0.1) is 5.02 Å². The molecule has 1 aromatic carbocycles. The second kappa shape index (κ2) is 5.34. The quantitative estimate of drug-likeness (QED) is 0.822. The number of phenols is 1. The lowest BCUT2D eigenvalue weighted by atomic mass is 9.80. The summed E-state index contributed by atoms with van der Waals surface area (Å²) in [5.74, 6) is 0.831. The number of phenolic OH excluding ortho intramolecular Hbond substituents is 1. The van der Waals surface area contributed by atoms with Gasteiger partial charge < -0.3 is 10.4 Å². The molecule has 0 atom stereocenters. The molecule has 2 N–H and O–H groups in total. The van der Waals surface area contributed by atoms with Crippen molar-refractivity contribution in [2.75, 3.05) is 13.1 Å². The van der Waals surface area contributed by atoms with Crippen LogP contribution in [0.25, 0.3) is 0 Å². The topological polar surface area (TPSA) is 32.3 Å². The van der Waals surface area contributed by atoms with E-state index in [0.717, 1.165) is 44.3 Å². The second-order valence-electron chi connectivity index (χ2n) is 5.89. The Labute approximate surface area is 120 Å². The van der Waals surface area contributed by atoms with Gasteiger partial charge in [-0.3, -0.25) is 0 Å². The predicted molar refractivity (Wildman–Crippen MR) is 79.3 cm³/mol. The fourth-order valence-corrected chi connectivity index (χ4v) is 4.08. The molecular weight excluding hydrogens is 258 g/mol. The van der Waals surface area contributed by atoms with Crippen LogP contribution in [0.2, 0.25) is 5.02 Å². The van der Waals surface area contributed by atoms with E-state index < -0.39 is 0 Å². The van der Waals surface area contributed by atoms with Crippen LogP contribution in [0.5, 0.6) is 5.75 Å². The fourth-order valence-electron chi connectivity index (χ4n) is 3.77. The maximum Gasteiger partial charge on any atom is 0.138 e. The van der Waals surface area contributed by atoms with Crippen molar-refractivity contribution in [1.82, 2.24) is 5.32 Å². The first-order valence-corrected chi connectivity index (χ1v) is 7.81. The van der Waals surface area contributed by atoms with E-state index >= 15 is 0 Å². The Kier molecular flexibility index (Phi) is 3.72. The van der Waals surface area contributed by atoms with Gasteiger partial charge in [0.15, 0.2) is 0 Å². The lowest BCUT2D eigenvalue weighted by molar-refractivity contribution is 0.421. The van der Waals surface area contributed by atoms with Crippen molar-refractivity contribution < 1.29 is 5.11 Å². The van der Waals surface area contributed by atoms with Gasteiger partial charge in [0.1, 0.15) is 5.75 Å². The molecule has 0 unspecified atom stereocenters. The van der Waals surface area contributed by atoms with E-state index in [-0.39, 0.29) is 0 Å². The van der Waals surface area contributed by atoms with E-state index in [0.29, 0.717) is 16.7 Å². The molecule has 1 aliphatic carbocycles. The average Bonchev–Trinajstić information content (AvgIpc) is 2.46. The first-order valence-electron chi connectivity index (χ1n) is 7.43. The molecule has 1 saturated heterocycles. The molecule has 2 aliphatic rings. The zero-order valence-corrected chi connectivity index (χ0v) is 12.3. The van der Waals surface area contributed by atoms with Crippen LogP contribution in [0.1, 0.15) is 53.9 Å². The smallest absolute Gasteiger partial charge is 0.138 e. The molecule has 0 bridgehead atoms. The number of aromatic hydroxyl groups is 1. The van der Waals surface area contributed by atoms with Crippen LogP contribution in [-0.4, -0.2) is 18.2 Å². The zero-order valence-electron chi connectivity index (χ0n) is 11.6. The molecule has 2 nitrogen and oxygen atoms in total. The summed E-state index contributed by atoms with van der Waals surface area (Å²) in [5, 5.41) is 14.6. The van der Waals surface area contributed by atoms with Crippen LogP contribution < -0.4 is 5.32 Å². The molecule has 104 valence electrons. The summed E-state index contributed by atoms with van der Waals surface area (Å²) in [6.45, 7) is 4.26. The summed E-state index contributed by atoms with van der Waals surface area (Å²) in [6, 6.07) is 0. The highest BCUT2D eigenvalue weighted by molar-refractivity contribution is 6.33. The number of fused-ring (bicyclic) bond motifs is 1. The number of hydrogen-bond acceptors (Lipinski definition) is 2. The maximum absolute atomic E-state index is 10.5. The van der Waals surface area contributed by atoms with Gasteiger partial charge in [-0.05, 0) is 81.1 Å². The molecule has 0 amide bonds. The van der Waals surface area contributed by atoms with Crippen LogP contribution in [-0.2, 0) is 12.8 Å². The molecule has 3 heteroatoms. The summed E-state index contributed by atoms with van der Waals surface area (Å²) in [6.07, 6.45) is 6.79. The molecule has 1 aromatic rings. The molecule has 0 saturated carbocycles. The molecule has 0 aromatic heterocycles. The monoisotopic (exact) mass is 279 g/mol. The normalized spacial score (nSPS) is 20.3. The van der Waals surface area contributed by atoms with Gasteiger partial charge in [0.25, 0.3) is 0 Å². The molecule has 19 heavy (non-hydrogen) atoms. The number of nitrogens with one attached hydrogen (secondary N) is 1. The average molecular weight is 280 g/mol. The van der Waals surface area contributed by atoms with Crippen LogP contribution in [0.15, 0.2) is 0 Å². The van der Waals surface area contributed by atoms with Crippen molar-refractivity contribution in [3.63, 3.8) is 0 Å². The van der Waals surface area contributed by atoms with E-state index in [1.807, 2.05) is 0 Å². The molecule has 1 heterocycles. The molecule has 1 aliphatic heterocycles. The Morgan fingerprint density at radius 1 is 1.11 bits per heavy atom. The number of halogens is 1. The maximum atomic E-state index is 10.5. The van der Waals surface area contributed by atoms with Crippen molar-refractivity contribution in [1.29, 1.82) is 0 Å². The molecule has 0 radical (unpaired) electrons. The second-order valence-corrected chi connectivity index (χ2v) is 6.27. The van der Waals surface area contributed by atoms with Crippen molar-refractivity contribution in [3.8, 4) is 5.75 Å². The third-order valence-corrected chi connectivity index (χ3v) is 5.21. The molecule has 0 spiro atoms. The van der Waals surface area contributed by atoms with Gasteiger partial charge in [-0.15, -0.1) is 0 Å². The summed E-state index contributed by atoms with van der Waals surface area (Å²) in [5.41, 5.74) is 5.07. The minimum absolute atomic E-state index is 0.367. The third-order valence-electron chi connectivity index (χ3n) is 4.80. The van der Waals surface area contributed by atoms with Gasteiger partial charge >= 0.3 is 0 Å². The lowest BCUT2D eigenvalue weighted by Crippen LogP contribution is -2.27. The van der Waals surface area contributed by atoms with Gasteiger partial charge in [-0.2, -0.15) is 0 Å². The third kappa shape index (κ3) is 2.25. The largest absolute Gasteiger partial charge is 0.506 e. The molecule has 3 rings (SSSR count). The van der Waals surface area contributed by atoms with E-state index in [2.05, 4.69) is 12.2 Å². The van der Waals surface area contributed by atoms with Crippen LogP contribution in [0.3, 0.4) is 0 Å². The first kappa shape index (κ1) is 13.3. The van der Waals surface area contributed by atoms with Crippen molar-refractivity contribution in [2.45, 2.75) is 51.4 Å². The van der Waals surface area contributed by atoms with E-state index in [1.165, 1.54) is 29.5 Å². The summed E-state index contributed by atoms with van der Waals surface area (Å²) < 4.78 is 0. The van der Waals surface area contributed by atoms with E-state index in [1.54, 1.807) is 0 Å². The Balaban J connectivity index is 2.10.